The van der Waals surface area contributed by atoms with E-state index in [-0.39, 0.29) is 16.9 Å². The number of benzene rings is 2. The van der Waals surface area contributed by atoms with Crippen LogP contribution in [0.3, 0.4) is 0 Å². The molecule has 0 aliphatic carbocycles. The standard InChI is InChI=1S/C30H42O4Si/c1-10-17-23(2)27(33-28(31)34-29(4,5)6)24(3)22-32-35(30(7,8)9,25-18-13-11-14-19-25)26-20-15-12-16-21-26/h11-16,18-21,23-24,27H,22H2,1-9H3/t23-,24-,27-/m0/s1. The van der Waals surface area contributed by atoms with Crippen LogP contribution in [0, 0.1) is 23.7 Å². The quantitative estimate of drug-likeness (QED) is 0.250. The normalized spacial score (nSPS) is 14.8. The van der Waals surface area contributed by atoms with E-state index in [1.54, 1.807) is 6.92 Å². The fourth-order valence-electron chi connectivity index (χ4n) is 4.52. The molecular formula is C30H42O4Si. The Hall–Kier alpha value is -2.55. The summed E-state index contributed by atoms with van der Waals surface area (Å²) >= 11 is 0. The largest absolute Gasteiger partial charge is 0.509 e. The monoisotopic (exact) mass is 494 g/mol. The van der Waals surface area contributed by atoms with E-state index in [1.165, 1.54) is 10.4 Å². The van der Waals surface area contributed by atoms with Crippen LogP contribution < -0.4 is 10.4 Å². The predicted octanol–water partition coefficient (Wildman–Crippen LogP) is 6.18. The summed E-state index contributed by atoms with van der Waals surface area (Å²) < 4.78 is 18.4. The molecule has 0 aliphatic rings. The molecule has 0 unspecified atom stereocenters. The second-order valence-corrected chi connectivity index (χ2v) is 15.5. The third-order valence-electron chi connectivity index (χ3n) is 6.03. The Morgan fingerprint density at radius 3 is 1.77 bits per heavy atom. The average Bonchev–Trinajstić information content (AvgIpc) is 2.77. The summed E-state index contributed by atoms with van der Waals surface area (Å²) in [5.74, 6) is 5.86. The SMILES string of the molecule is CC#C[C@H](C)[C@H](OC(=O)OC(C)(C)C)[C@@H](C)CO[Si](c1ccccc1)(c1ccccc1)C(C)(C)C. The van der Waals surface area contributed by atoms with Crippen LogP contribution in [0.2, 0.25) is 5.04 Å². The first kappa shape index (κ1) is 28.7. The number of rotatable bonds is 8. The molecule has 0 saturated carbocycles. The first-order valence-corrected chi connectivity index (χ1v) is 14.3. The fraction of sp³-hybridized carbons (Fsp3) is 0.500. The maximum absolute atomic E-state index is 12.6. The van der Waals surface area contributed by atoms with Crippen molar-refractivity contribution < 1.29 is 18.7 Å². The topological polar surface area (TPSA) is 44.8 Å². The van der Waals surface area contributed by atoms with E-state index >= 15 is 0 Å². The van der Waals surface area contributed by atoms with E-state index < -0.39 is 26.2 Å². The Labute approximate surface area is 213 Å². The van der Waals surface area contributed by atoms with Gasteiger partial charge >= 0.3 is 6.16 Å². The number of ether oxygens (including phenoxy) is 2. The van der Waals surface area contributed by atoms with Crippen molar-refractivity contribution in [1.29, 1.82) is 0 Å². The molecule has 0 aliphatic heterocycles. The molecule has 0 radical (unpaired) electrons. The summed E-state index contributed by atoms with van der Waals surface area (Å²) in [6.07, 6.45) is -1.14. The van der Waals surface area contributed by atoms with Crippen molar-refractivity contribution in [3.8, 4) is 11.8 Å². The molecule has 0 bridgehead atoms. The van der Waals surface area contributed by atoms with Gasteiger partial charge in [-0.05, 0) is 50.0 Å². The summed E-state index contributed by atoms with van der Waals surface area (Å²) in [6.45, 7) is 18.5. The molecule has 0 amide bonds. The Kier molecular flexibility index (Phi) is 9.77. The minimum Gasteiger partial charge on any atom is -0.429 e. The van der Waals surface area contributed by atoms with E-state index in [9.17, 15) is 4.79 Å². The van der Waals surface area contributed by atoms with Crippen molar-refractivity contribution in [2.45, 2.75) is 79.1 Å². The molecule has 2 aromatic rings. The van der Waals surface area contributed by atoms with Gasteiger partial charge in [0.2, 0.25) is 0 Å². The van der Waals surface area contributed by atoms with Crippen LogP contribution in [0.25, 0.3) is 0 Å². The smallest absolute Gasteiger partial charge is 0.429 e. The van der Waals surface area contributed by atoms with Crippen LogP contribution in [-0.4, -0.2) is 32.8 Å². The van der Waals surface area contributed by atoms with Crippen LogP contribution in [0.15, 0.2) is 60.7 Å². The van der Waals surface area contributed by atoms with Crippen molar-refractivity contribution in [3.05, 3.63) is 60.7 Å². The van der Waals surface area contributed by atoms with Gasteiger partial charge < -0.3 is 13.9 Å². The van der Waals surface area contributed by atoms with Gasteiger partial charge in [0.15, 0.2) is 0 Å². The number of hydrogen-bond acceptors (Lipinski definition) is 4. The van der Waals surface area contributed by atoms with Crippen LogP contribution in [0.1, 0.15) is 62.3 Å². The summed E-state index contributed by atoms with van der Waals surface area (Å²) in [4.78, 5) is 12.6. The van der Waals surface area contributed by atoms with E-state index in [0.29, 0.717) is 6.61 Å². The summed E-state index contributed by atoms with van der Waals surface area (Å²) in [5, 5.41) is 2.31. The first-order chi connectivity index (χ1) is 16.3. The average molecular weight is 495 g/mol. The molecule has 190 valence electrons. The predicted molar refractivity (Wildman–Crippen MR) is 146 cm³/mol. The van der Waals surface area contributed by atoms with Gasteiger partial charge in [-0.1, -0.05) is 94.3 Å². The zero-order valence-electron chi connectivity index (χ0n) is 22.8. The second kappa shape index (κ2) is 11.9. The molecule has 0 spiro atoms. The molecule has 4 nitrogen and oxygen atoms in total. The summed E-state index contributed by atoms with van der Waals surface area (Å²) in [5.41, 5.74) is -0.629. The van der Waals surface area contributed by atoms with E-state index in [1.807, 2.05) is 39.8 Å². The highest BCUT2D eigenvalue weighted by Gasteiger charge is 2.50. The lowest BCUT2D eigenvalue weighted by atomic mass is 9.94. The molecular weight excluding hydrogens is 452 g/mol. The molecule has 0 aromatic heterocycles. The van der Waals surface area contributed by atoms with Gasteiger partial charge in [0, 0.05) is 12.5 Å². The molecule has 0 fully saturated rings. The minimum absolute atomic E-state index is 0.0972. The minimum atomic E-state index is -2.70. The van der Waals surface area contributed by atoms with E-state index in [2.05, 4.69) is 88.1 Å². The highest BCUT2D eigenvalue weighted by molar-refractivity contribution is 6.99. The summed E-state index contributed by atoms with van der Waals surface area (Å²) in [7, 11) is -2.70. The molecule has 0 N–H and O–H groups in total. The highest BCUT2D eigenvalue weighted by Crippen LogP contribution is 2.37. The molecule has 35 heavy (non-hydrogen) atoms. The van der Waals surface area contributed by atoms with Crippen molar-refractivity contribution in [2.75, 3.05) is 6.61 Å². The molecule has 2 aromatic carbocycles. The molecule has 3 atom stereocenters. The highest BCUT2D eigenvalue weighted by atomic mass is 28.4. The van der Waals surface area contributed by atoms with Gasteiger partial charge in [-0.2, -0.15) is 0 Å². The Morgan fingerprint density at radius 1 is 0.886 bits per heavy atom. The number of carbonyl (C=O) groups excluding carboxylic acids is 1. The Balaban J connectivity index is 2.44. The third-order valence-corrected chi connectivity index (χ3v) is 11.0. The van der Waals surface area contributed by atoms with E-state index in [4.69, 9.17) is 13.9 Å². The lowest BCUT2D eigenvalue weighted by Crippen LogP contribution is -2.67. The Bertz CT molecular complexity index is 954. The zero-order valence-corrected chi connectivity index (χ0v) is 23.8. The van der Waals surface area contributed by atoms with E-state index in [0.717, 1.165) is 0 Å². The van der Waals surface area contributed by atoms with Gasteiger partial charge in [-0.3, -0.25) is 0 Å². The molecule has 0 saturated heterocycles. The van der Waals surface area contributed by atoms with Crippen molar-refractivity contribution in [3.63, 3.8) is 0 Å². The third kappa shape index (κ3) is 7.46. The van der Waals surface area contributed by atoms with Crippen LogP contribution in [0.5, 0.6) is 0 Å². The maximum Gasteiger partial charge on any atom is 0.509 e. The lowest BCUT2D eigenvalue weighted by Gasteiger charge is -2.44. The zero-order chi connectivity index (χ0) is 26.3. The van der Waals surface area contributed by atoms with Gasteiger partial charge in [-0.25, -0.2) is 4.79 Å². The fourth-order valence-corrected chi connectivity index (χ4v) is 9.19. The summed E-state index contributed by atoms with van der Waals surface area (Å²) in [6, 6.07) is 21.1. The lowest BCUT2D eigenvalue weighted by molar-refractivity contribution is -0.0504. The second-order valence-electron chi connectivity index (χ2n) is 11.2. The van der Waals surface area contributed by atoms with Crippen LogP contribution in [0.4, 0.5) is 4.79 Å². The molecule has 0 heterocycles. The number of hydrogen-bond donors (Lipinski definition) is 0. The van der Waals surface area contributed by atoms with Crippen molar-refractivity contribution >= 4 is 24.8 Å². The molecule has 2 rings (SSSR count). The van der Waals surface area contributed by atoms with Gasteiger partial charge in [-0.15, -0.1) is 5.92 Å². The maximum atomic E-state index is 12.6. The number of carbonyl (C=O) groups is 1. The van der Waals surface area contributed by atoms with Gasteiger partial charge in [0.25, 0.3) is 8.32 Å². The van der Waals surface area contributed by atoms with Crippen LogP contribution in [-0.2, 0) is 13.9 Å². The Morgan fingerprint density at radius 2 is 1.37 bits per heavy atom. The van der Waals surface area contributed by atoms with Gasteiger partial charge in [0.1, 0.15) is 11.7 Å². The van der Waals surface area contributed by atoms with Gasteiger partial charge in [0.05, 0.1) is 5.92 Å². The van der Waals surface area contributed by atoms with Crippen LogP contribution >= 0.6 is 0 Å². The van der Waals surface area contributed by atoms with Crippen molar-refractivity contribution in [2.24, 2.45) is 11.8 Å². The first-order valence-electron chi connectivity index (χ1n) is 12.4. The van der Waals surface area contributed by atoms with Crippen molar-refractivity contribution in [1.82, 2.24) is 0 Å². The molecule has 5 heteroatoms.